The third-order valence-electron chi connectivity index (χ3n) is 5.49. The summed E-state index contributed by atoms with van der Waals surface area (Å²) in [5.74, 6) is 6.29. The van der Waals surface area contributed by atoms with Crippen molar-refractivity contribution >= 4 is 45.5 Å². The molecule has 0 aliphatic rings. The van der Waals surface area contributed by atoms with Crippen molar-refractivity contribution in [2.24, 2.45) is 0 Å². The van der Waals surface area contributed by atoms with Gasteiger partial charge in [-0.1, -0.05) is 5.16 Å². The summed E-state index contributed by atoms with van der Waals surface area (Å²) in [4.78, 5) is 19.8. The predicted octanol–water partition coefficient (Wildman–Crippen LogP) is 9.79. The fourth-order valence-corrected chi connectivity index (χ4v) is 6.01. The van der Waals surface area contributed by atoms with Gasteiger partial charge in [-0.15, -0.1) is 64.6 Å². The Morgan fingerprint density at radius 3 is 1.05 bits per heavy atom. The molecular formula is C36H52N12O4S4. The number of hydrogen-bond donors (Lipinski definition) is 0. The first-order valence-corrected chi connectivity index (χ1v) is 20.2. The summed E-state index contributed by atoms with van der Waals surface area (Å²) in [7, 11) is 0. The molecule has 8 aromatic heterocycles. The third kappa shape index (κ3) is 25.2. The van der Waals surface area contributed by atoms with E-state index in [1.54, 1.807) is 70.4 Å². The van der Waals surface area contributed by atoms with Crippen LogP contribution in [0, 0.1) is 111 Å². The van der Waals surface area contributed by atoms with Crippen molar-refractivity contribution in [3.8, 4) is 0 Å². The molecule has 8 rings (SSSR count). The summed E-state index contributed by atoms with van der Waals surface area (Å²) >= 11 is 6.64. The summed E-state index contributed by atoms with van der Waals surface area (Å²) in [6.45, 7) is 30.4. The Morgan fingerprint density at radius 1 is 0.411 bits per heavy atom. The molecule has 304 valence electrons. The molecule has 20 heteroatoms. The van der Waals surface area contributed by atoms with Gasteiger partial charge >= 0.3 is 0 Å². The molecule has 56 heavy (non-hydrogen) atoms. The SMILES string of the molecule is Cc1ccc(C)s1.Cc1cnc(C)o1.Cc1cnc(C)s1.Cc1nnc(C)o1.Cc1nnc(C)o1.Cc1nnc(C)s1.Cc1noc(C)n1.Cc1nsc(C)n1. The van der Waals surface area contributed by atoms with Gasteiger partial charge in [0, 0.05) is 62.4 Å². The highest BCUT2D eigenvalue weighted by Gasteiger charge is 1.93. The zero-order valence-corrected chi connectivity index (χ0v) is 38.2. The first-order chi connectivity index (χ1) is 26.3. The van der Waals surface area contributed by atoms with E-state index in [2.05, 4.69) is 97.5 Å². The second kappa shape index (κ2) is 26.8. The van der Waals surface area contributed by atoms with Gasteiger partial charge < -0.3 is 17.8 Å². The molecular weight excluding hydrogens is 793 g/mol. The third-order valence-corrected chi connectivity index (χ3v) is 8.70. The highest BCUT2D eigenvalue weighted by molar-refractivity contribution is 7.12. The molecule has 0 atom stereocenters. The first kappa shape index (κ1) is 49.1. The Bertz CT molecular complexity index is 1600. The average Bonchev–Trinajstić information content (AvgIpc) is 4.00. The van der Waals surface area contributed by atoms with Crippen LogP contribution < -0.4 is 0 Å². The van der Waals surface area contributed by atoms with Crippen LogP contribution in [-0.4, -0.2) is 60.1 Å². The number of nitrogens with zero attached hydrogens (tertiary/aromatic N) is 12. The summed E-state index contributed by atoms with van der Waals surface area (Å²) in [5, 5.41) is 29.8. The molecule has 0 radical (unpaired) electrons. The van der Waals surface area contributed by atoms with Gasteiger partial charge in [0.2, 0.25) is 29.5 Å². The van der Waals surface area contributed by atoms with Crippen LogP contribution in [0.25, 0.3) is 0 Å². The molecule has 0 unspecified atom stereocenters. The lowest BCUT2D eigenvalue weighted by Crippen LogP contribution is -1.70. The summed E-state index contributed by atoms with van der Waals surface area (Å²) in [5.41, 5.74) is 0. The summed E-state index contributed by atoms with van der Waals surface area (Å²) in [6.07, 6.45) is 3.59. The average molecular weight is 845 g/mol. The minimum absolute atomic E-state index is 0.623. The minimum Gasteiger partial charge on any atom is -0.446 e. The van der Waals surface area contributed by atoms with E-state index in [1.165, 1.54) is 26.2 Å². The molecule has 0 aliphatic heterocycles. The van der Waals surface area contributed by atoms with E-state index in [0.717, 1.165) is 37.5 Å². The Labute approximate surface area is 344 Å². The first-order valence-electron chi connectivity index (χ1n) is 17.0. The molecule has 16 nitrogen and oxygen atoms in total. The van der Waals surface area contributed by atoms with E-state index in [-0.39, 0.29) is 0 Å². The fourth-order valence-electron chi connectivity index (χ4n) is 3.48. The van der Waals surface area contributed by atoms with E-state index < -0.39 is 0 Å². The number of thiazole rings is 1. The number of thiophene rings is 1. The Morgan fingerprint density at radius 2 is 0.929 bits per heavy atom. The quantitative estimate of drug-likeness (QED) is 0.139. The number of oxazole rings is 1. The highest BCUT2D eigenvalue weighted by atomic mass is 32.1. The van der Waals surface area contributed by atoms with Crippen LogP contribution in [0.3, 0.4) is 0 Å². The van der Waals surface area contributed by atoms with E-state index >= 15 is 0 Å². The van der Waals surface area contributed by atoms with Gasteiger partial charge in [-0.3, -0.25) is 0 Å². The van der Waals surface area contributed by atoms with Gasteiger partial charge in [0.15, 0.2) is 11.7 Å². The molecule has 0 aromatic carbocycles. The lowest BCUT2D eigenvalue weighted by molar-refractivity contribution is 0.389. The Balaban J connectivity index is 0.000000320. The number of rotatable bonds is 0. The zero-order chi connectivity index (χ0) is 42.2. The molecule has 8 aromatic rings. The van der Waals surface area contributed by atoms with E-state index in [9.17, 15) is 0 Å². The topological polar surface area (TPSA) is 207 Å². The monoisotopic (exact) mass is 844 g/mol. The van der Waals surface area contributed by atoms with Crippen molar-refractivity contribution in [2.75, 3.05) is 0 Å². The fraction of sp³-hybridized carbons (Fsp3) is 0.444. The lowest BCUT2D eigenvalue weighted by atomic mass is 10.5. The van der Waals surface area contributed by atoms with Gasteiger partial charge in [0.05, 0.1) is 11.2 Å². The maximum Gasteiger partial charge on any atom is 0.223 e. The molecule has 0 aliphatic carbocycles. The van der Waals surface area contributed by atoms with Crippen LogP contribution in [0.15, 0.2) is 42.3 Å². The van der Waals surface area contributed by atoms with E-state index in [4.69, 9.17) is 13.3 Å². The van der Waals surface area contributed by atoms with Crippen molar-refractivity contribution < 1.29 is 17.8 Å². The largest absolute Gasteiger partial charge is 0.446 e. The molecule has 0 N–H and O–H groups in total. The van der Waals surface area contributed by atoms with Crippen LogP contribution in [0.2, 0.25) is 0 Å². The second-order valence-electron chi connectivity index (χ2n) is 11.4. The smallest absolute Gasteiger partial charge is 0.223 e. The van der Waals surface area contributed by atoms with Crippen LogP contribution in [0.1, 0.15) is 87.4 Å². The van der Waals surface area contributed by atoms with Gasteiger partial charge in [-0.25, -0.2) is 15.0 Å². The van der Waals surface area contributed by atoms with Crippen LogP contribution in [0.4, 0.5) is 0 Å². The normalized spacial score (nSPS) is 9.43. The molecule has 0 fully saturated rings. The van der Waals surface area contributed by atoms with Gasteiger partial charge in [0.1, 0.15) is 26.6 Å². The maximum atomic E-state index is 4.97. The molecule has 0 saturated carbocycles. The van der Waals surface area contributed by atoms with E-state index in [1.807, 2.05) is 66.0 Å². The number of aryl methyl sites for hydroxylation is 16. The van der Waals surface area contributed by atoms with Crippen molar-refractivity contribution in [1.29, 1.82) is 0 Å². The van der Waals surface area contributed by atoms with Crippen molar-refractivity contribution in [2.45, 2.75) is 111 Å². The van der Waals surface area contributed by atoms with Gasteiger partial charge in [-0.05, 0) is 92.9 Å². The molecule has 0 amide bonds. The summed E-state index contributed by atoms with van der Waals surface area (Å²) in [6, 6.07) is 4.28. The number of aromatic nitrogens is 12. The second-order valence-corrected chi connectivity index (χ2v) is 16.7. The zero-order valence-electron chi connectivity index (χ0n) is 34.9. The van der Waals surface area contributed by atoms with Crippen molar-refractivity contribution in [3.05, 3.63) is 112 Å². The summed E-state index contributed by atoms with van der Waals surface area (Å²) < 4.78 is 23.2. The van der Waals surface area contributed by atoms with Crippen molar-refractivity contribution in [1.82, 2.24) is 60.1 Å². The maximum absolute atomic E-state index is 4.97. The van der Waals surface area contributed by atoms with Crippen LogP contribution >= 0.6 is 45.5 Å². The molecule has 8 heterocycles. The van der Waals surface area contributed by atoms with Crippen LogP contribution in [0.5, 0.6) is 0 Å². The highest BCUT2D eigenvalue weighted by Crippen LogP contribution is 2.12. The predicted molar refractivity (Wildman–Crippen MR) is 221 cm³/mol. The minimum atomic E-state index is 0.623. The number of hydrogen-bond acceptors (Lipinski definition) is 20. The Kier molecular flexibility index (Phi) is 23.5. The van der Waals surface area contributed by atoms with E-state index in [0.29, 0.717) is 35.3 Å². The van der Waals surface area contributed by atoms with Gasteiger partial charge in [0.25, 0.3) is 0 Å². The Hall–Kier alpha value is -4.92. The molecule has 0 spiro atoms. The van der Waals surface area contributed by atoms with Crippen LogP contribution in [-0.2, 0) is 0 Å². The molecule has 0 bridgehead atoms. The van der Waals surface area contributed by atoms with Gasteiger partial charge in [-0.2, -0.15) is 9.36 Å². The lowest BCUT2D eigenvalue weighted by Gasteiger charge is -1.73. The standard InChI is InChI=1S/C6H8S.C5H7NO.C5H7NS.3C4H6N2O.2C4H6N2S/c1-5-3-4-6(2)7-5;2*1-4-3-6-5(2)7-4;2*1-3-5-6-4(2)7-3;1-3-5-4(2)7-6-3;1-3-5-6-4(2)7-3;1-3-5-4(2)7-6-3/h3-4H,1-2H3;2*3H,1-2H3;5*1-2H3. The molecule has 0 saturated heterocycles. The van der Waals surface area contributed by atoms with Crippen molar-refractivity contribution in [3.63, 3.8) is 0 Å².